The fourth-order valence-corrected chi connectivity index (χ4v) is 2.59. The van der Waals surface area contributed by atoms with Crippen LogP contribution in [0.3, 0.4) is 0 Å². The topological polar surface area (TPSA) is 96.4 Å². The summed E-state index contributed by atoms with van der Waals surface area (Å²) in [5.41, 5.74) is 7.36. The lowest BCUT2D eigenvalue weighted by Crippen LogP contribution is -2.32. The van der Waals surface area contributed by atoms with Crippen molar-refractivity contribution < 1.29 is 14.6 Å². The summed E-state index contributed by atoms with van der Waals surface area (Å²) in [7, 11) is 0. The Kier molecular flexibility index (Phi) is 5.33. The number of hydrogen-bond donors (Lipinski definition) is 3. The number of esters is 1. The van der Waals surface area contributed by atoms with E-state index in [0.29, 0.717) is 6.42 Å². The molecule has 1 fully saturated rings. The predicted octanol–water partition coefficient (Wildman–Crippen LogP) is 1.75. The Bertz CT molecular complexity index is 499. The molecule has 2 rings (SSSR count). The molecule has 0 radical (unpaired) electrons. The lowest BCUT2D eigenvalue weighted by atomic mass is 9.99. The molecule has 0 saturated carbocycles. The summed E-state index contributed by atoms with van der Waals surface area (Å²) in [6.07, 6.45) is 3.70. The fourth-order valence-electron chi connectivity index (χ4n) is 2.59. The van der Waals surface area contributed by atoms with Gasteiger partial charge in [0.2, 0.25) is 0 Å². The van der Waals surface area contributed by atoms with Crippen LogP contribution in [0.1, 0.15) is 43.2 Å². The van der Waals surface area contributed by atoms with Gasteiger partial charge in [-0.2, -0.15) is 0 Å². The van der Waals surface area contributed by atoms with E-state index in [1.807, 2.05) is 24.3 Å². The molecule has 5 nitrogen and oxygen atoms in total. The number of amidine groups is 1. The molecule has 4 N–H and O–H groups in total. The number of carbonyl (C=O) groups is 1. The summed E-state index contributed by atoms with van der Waals surface area (Å²) < 4.78 is 5.21. The van der Waals surface area contributed by atoms with Gasteiger partial charge >= 0.3 is 5.97 Å². The molecule has 1 aromatic carbocycles. The zero-order valence-corrected chi connectivity index (χ0v) is 12.0. The first kappa shape index (κ1) is 15.5. The SMILES string of the molecule is N=C(N)c1ccc(CCCCC2CC(O)CC(=O)O2)cc1. The predicted molar refractivity (Wildman–Crippen MR) is 80.1 cm³/mol. The second-order valence-corrected chi connectivity index (χ2v) is 5.56. The summed E-state index contributed by atoms with van der Waals surface area (Å²) in [6.45, 7) is 0. The number of nitrogens with one attached hydrogen (secondary N) is 1. The van der Waals surface area contributed by atoms with E-state index in [1.165, 1.54) is 5.56 Å². The molecule has 21 heavy (non-hydrogen) atoms. The number of unbranched alkanes of at least 4 members (excludes halogenated alkanes) is 1. The van der Waals surface area contributed by atoms with Crippen LogP contribution in [0, 0.1) is 5.41 Å². The van der Waals surface area contributed by atoms with Gasteiger partial charge in [-0.25, -0.2) is 0 Å². The van der Waals surface area contributed by atoms with Gasteiger partial charge < -0.3 is 15.6 Å². The number of nitrogen functional groups attached to an aromatic ring is 1. The van der Waals surface area contributed by atoms with Crippen LogP contribution in [-0.2, 0) is 16.0 Å². The Balaban J connectivity index is 1.69. The van der Waals surface area contributed by atoms with Crippen molar-refractivity contribution in [1.29, 1.82) is 5.41 Å². The van der Waals surface area contributed by atoms with Crippen molar-refractivity contribution in [2.75, 3.05) is 0 Å². The molecule has 0 amide bonds. The molecule has 2 atom stereocenters. The molecule has 5 heteroatoms. The largest absolute Gasteiger partial charge is 0.462 e. The highest BCUT2D eigenvalue weighted by atomic mass is 16.5. The van der Waals surface area contributed by atoms with E-state index in [-0.39, 0.29) is 24.3 Å². The van der Waals surface area contributed by atoms with E-state index in [1.54, 1.807) is 0 Å². The molecule has 0 aromatic heterocycles. The maximum Gasteiger partial charge on any atom is 0.308 e. The number of aliphatic hydroxyl groups excluding tert-OH is 1. The number of cyclic esters (lactones) is 1. The molecule has 1 aromatic rings. The first-order valence-corrected chi connectivity index (χ1v) is 7.35. The third-order valence-electron chi connectivity index (χ3n) is 3.74. The van der Waals surface area contributed by atoms with Crippen molar-refractivity contribution in [2.24, 2.45) is 5.73 Å². The van der Waals surface area contributed by atoms with Gasteiger partial charge in [-0.1, -0.05) is 24.3 Å². The monoisotopic (exact) mass is 290 g/mol. The first-order chi connectivity index (χ1) is 10.0. The van der Waals surface area contributed by atoms with Gasteiger partial charge in [0.15, 0.2) is 0 Å². The summed E-state index contributed by atoms with van der Waals surface area (Å²) in [5, 5.41) is 16.9. The Morgan fingerprint density at radius 2 is 2.05 bits per heavy atom. The van der Waals surface area contributed by atoms with Crippen LogP contribution in [-0.4, -0.2) is 29.1 Å². The lowest BCUT2D eigenvalue weighted by molar-refractivity contribution is -0.160. The molecule has 0 bridgehead atoms. The van der Waals surface area contributed by atoms with Crippen molar-refractivity contribution in [2.45, 2.75) is 50.7 Å². The number of carbonyl (C=O) groups excluding carboxylic acids is 1. The smallest absolute Gasteiger partial charge is 0.308 e. The van der Waals surface area contributed by atoms with Gasteiger partial charge in [-0.3, -0.25) is 10.2 Å². The molecular formula is C16H22N2O3. The summed E-state index contributed by atoms with van der Waals surface area (Å²) in [4.78, 5) is 11.2. The van der Waals surface area contributed by atoms with Crippen molar-refractivity contribution in [3.05, 3.63) is 35.4 Å². The average molecular weight is 290 g/mol. The fraction of sp³-hybridized carbons (Fsp3) is 0.500. The van der Waals surface area contributed by atoms with E-state index in [9.17, 15) is 9.90 Å². The van der Waals surface area contributed by atoms with Gasteiger partial charge in [-0.05, 0) is 31.2 Å². The molecule has 114 valence electrons. The van der Waals surface area contributed by atoms with Gasteiger partial charge in [0, 0.05) is 12.0 Å². The Labute approximate surface area is 124 Å². The van der Waals surface area contributed by atoms with Crippen molar-refractivity contribution in [3.8, 4) is 0 Å². The van der Waals surface area contributed by atoms with Gasteiger partial charge in [0.25, 0.3) is 0 Å². The highest BCUT2D eigenvalue weighted by Crippen LogP contribution is 2.20. The van der Waals surface area contributed by atoms with Gasteiger partial charge in [-0.15, -0.1) is 0 Å². The molecule has 0 spiro atoms. The van der Waals surface area contributed by atoms with Crippen LogP contribution < -0.4 is 5.73 Å². The molecule has 0 aliphatic carbocycles. The highest BCUT2D eigenvalue weighted by molar-refractivity contribution is 5.94. The molecule has 1 saturated heterocycles. The first-order valence-electron chi connectivity index (χ1n) is 7.35. The van der Waals surface area contributed by atoms with Crippen molar-refractivity contribution in [3.63, 3.8) is 0 Å². The molecule has 1 heterocycles. The minimum Gasteiger partial charge on any atom is -0.462 e. The van der Waals surface area contributed by atoms with Crippen molar-refractivity contribution >= 4 is 11.8 Å². The number of benzene rings is 1. The van der Waals surface area contributed by atoms with Gasteiger partial charge in [0.1, 0.15) is 11.9 Å². The van der Waals surface area contributed by atoms with Crippen LogP contribution in [0.2, 0.25) is 0 Å². The maximum atomic E-state index is 11.2. The number of nitrogens with two attached hydrogens (primary N) is 1. The Morgan fingerprint density at radius 3 is 2.67 bits per heavy atom. The quantitative estimate of drug-likeness (QED) is 0.322. The number of ether oxygens (including phenoxy) is 1. The normalized spacial score (nSPS) is 21.9. The minimum atomic E-state index is -0.546. The van der Waals surface area contributed by atoms with Crippen LogP contribution in [0.15, 0.2) is 24.3 Å². The summed E-state index contributed by atoms with van der Waals surface area (Å²) in [5.74, 6) is -0.210. The second kappa shape index (κ2) is 7.22. The molecule has 1 aliphatic heterocycles. The molecule has 1 aliphatic rings. The van der Waals surface area contributed by atoms with E-state index < -0.39 is 6.10 Å². The zero-order valence-electron chi connectivity index (χ0n) is 12.0. The lowest BCUT2D eigenvalue weighted by Gasteiger charge is -2.25. The van der Waals surface area contributed by atoms with Crippen LogP contribution in [0.25, 0.3) is 0 Å². The zero-order chi connectivity index (χ0) is 15.2. The highest BCUT2D eigenvalue weighted by Gasteiger charge is 2.26. The summed E-state index contributed by atoms with van der Waals surface area (Å²) >= 11 is 0. The van der Waals surface area contributed by atoms with E-state index in [2.05, 4.69) is 0 Å². The standard InChI is InChI=1S/C16H22N2O3/c17-16(18)12-7-5-11(6-8-12)3-1-2-4-14-9-13(19)10-15(20)21-14/h5-8,13-14,19H,1-4,9-10H2,(H3,17,18). The van der Waals surface area contributed by atoms with E-state index in [0.717, 1.165) is 31.2 Å². The van der Waals surface area contributed by atoms with E-state index >= 15 is 0 Å². The van der Waals surface area contributed by atoms with Crippen LogP contribution in [0.4, 0.5) is 0 Å². The average Bonchev–Trinajstić information content (AvgIpc) is 2.43. The Hall–Kier alpha value is -1.88. The third kappa shape index (κ3) is 4.86. The number of hydrogen-bond acceptors (Lipinski definition) is 4. The summed E-state index contributed by atoms with van der Waals surface area (Å²) in [6, 6.07) is 7.69. The van der Waals surface area contributed by atoms with Gasteiger partial charge in [0.05, 0.1) is 12.5 Å². The van der Waals surface area contributed by atoms with Crippen molar-refractivity contribution in [1.82, 2.24) is 0 Å². The maximum absolute atomic E-state index is 11.2. The third-order valence-corrected chi connectivity index (χ3v) is 3.74. The van der Waals surface area contributed by atoms with Crippen LogP contribution in [0.5, 0.6) is 0 Å². The van der Waals surface area contributed by atoms with E-state index in [4.69, 9.17) is 15.9 Å². The number of aliphatic hydroxyl groups is 1. The number of rotatable bonds is 6. The molecule has 2 unspecified atom stereocenters. The number of aryl methyl sites for hydroxylation is 1. The minimum absolute atomic E-state index is 0.0826. The second-order valence-electron chi connectivity index (χ2n) is 5.56. The Morgan fingerprint density at radius 1 is 1.33 bits per heavy atom. The van der Waals surface area contributed by atoms with Crippen LogP contribution >= 0.6 is 0 Å². The molecular weight excluding hydrogens is 268 g/mol.